The van der Waals surface area contributed by atoms with Crippen molar-refractivity contribution in [1.29, 1.82) is 0 Å². The number of rotatable bonds is 4. The molecule has 3 N–H and O–H groups in total. The number of aromatic amines is 1. The number of ether oxygens (including phenoxy) is 1. The molecule has 0 saturated heterocycles. The molecular weight excluding hydrogens is 216 g/mol. The number of H-pyrrole nitrogens is 1. The molecule has 0 aliphatic carbocycles. The Morgan fingerprint density at radius 1 is 1.41 bits per heavy atom. The Morgan fingerprint density at radius 2 is 2.24 bits per heavy atom. The van der Waals surface area contributed by atoms with Gasteiger partial charge in [0.2, 0.25) is 0 Å². The van der Waals surface area contributed by atoms with Crippen LogP contribution in [0, 0.1) is 0 Å². The molecule has 0 radical (unpaired) electrons. The third-order valence-electron chi connectivity index (χ3n) is 2.39. The highest BCUT2D eigenvalue weighted by Gasteiger charge is 2.03. The first-order valence-electron chi connectivity index (χ1n) is 5.53. The maximum Gasteiger partial charge on any atom is 0.145 e. The number of pyridine rings is 1. The van der Waals surface area contributed by atoms with Gasteiger partial charge >= 0.3 is 0 Å². The number of nitrogens with one attached hydrogen (secondary N) is 1. The number of hydrogen-bond acceptors (Lipinski definition) is 4. The van der Waals surface area contributed by atoms with Gasteiger partial charge in [-0.15, -0.1) is 0 Å². The Hall–Kier alpha value is -2.04. The van der Waals surface area contributed by atoms with Crippen molar-refractivity contribution >= 4 is 5.82 Å². The van der Waals surface area contributed by atoms with Crippen molar-refractivity contribution in [2.75, 3.05) is 5.73 Å². The molecule has 0 unspecified atom stereocenters. The van der Waals surface area contributed by atoms with Gasteiger partial charge in [0.05, 0.1) is 5.69 Å². The normalized spacial score (nSPS) is 10.8. The van der Waals surface area contributed by atoms with Gasteiger partial charge in [0, 0.05) is 24.0 Å². The SMILES string of the molecule is CC(C)c1cc(OCc2cc(N)n[nH]2)ccn1. The largest absolute Gasteiger partial charge is 0.487 e. The van der Waals surface area contributed by atoms with Crippen LogP contribution in [0.5, 0.6) is 5.75 Å². The van der Waals surface area contributed by atoms with Crippen molar-refractivity contribution in [1.82, 2.24) is 15.2 Å². The molecular formula is C12H16N4O. The van der Waals surface area contributed by atoms with Crippen molar-refractivity contribution in [3.8, 4) is 5.75 Å². The van der Waals surface area contributed by atoms with Crippen LogP contribution in [0.15, 0.2) is 24.4 Å². The van der Waals surface area contributed by atoms with E-state index in [1.807, 2.05) is 12.1 Å². The minimum atomic E-state index is 0.390. The lowest BCUT2D eigenvalue weighted by atomic mass is 10.1. The van der Waals surface area contributed by atoms with Gasteiger partial charge in [-0.05, 0) is 12.0 Å². The van der Waals surface area contributed by atoms with Crippen LogP contribution >= 0.6 is 0 Å². The van der Waals surface area contributed by atoms with E-state index in [9.17, 15) is 0 Å². The van der Waals surface area contributed by atoms with Gasteiger partial charge in [0.15, 0.2) is 0 Å². The van der Waals surface area contributed by atoms with Crippen LogP contribution < -0.4 is 10.5 Å². The van der Waals surface area contributed by atoms with Crippen molar-refractivity contribution < 1.29 is 4.74 Å². The highest BCUT2D eigenvalue weighted by Crippen LogP contribution is 2.18. The first kappa shape index (κ1) is 11.4. The summed E-state index contributed by atoms with van der Waals surface area (Å²) in [6.07, 6.45) is 1.76. The van der Waals surface area contributed by atoms with E-state index in [1.165, 1.54) is 0 Å². The van der Waals surface area contributed by atoms with Gasteiger partial charge in [-0.25, -0.2) is 0 Å². The number of nitrogen functional groups attached to an aromatic ring is 1. The minimum absolute atomic E-state index is 0.390. The number of nitrogens with two attached hydrogens (primary N) is 1. The highest BCUT2D eigenvalue weighted by molar-refractivity contribution is 5.29. The van der Waals surface area contributed by atoms with Crippen LogP contribution in [0.4, 0.5) is 5.82 Å². The van der Waals surface area contributed by atoms with Crippen LogP contribution in [0.3, 0.4) is 0 Å². The summed E-state index contributed by atoms with van der Waals surface area (Å²) in [6.45, 7) is 4.62. The molecule has 17 heavy (non-hydrogen) atoms. The maximum atomic E-state index is 5.63. The van der Waals surface area contributed by atoms with Crippen molar-refractivity contribution in [3.05, 3.63) is 35.8 Å². The molecule has 0 spiro atoms. The van der Waals surface area contributed by atoms with Crippen molar-refractivity contribution in [3.63, 3.8) is 0 Å². The van der Waals surface area contributed by atoms with Crippen LogP contribution in [0.25, 0.3) is 0 Å². The second kappa shape index (κ2) is 4.86. The average molecular weight is 232 g/mol. The molecule has 5 heteroatoms. The highest BCUT2D eigenvalue weighted by atomic mass is 16.5. The molecule has 90 valence electrons. The Kier molecular flexibility index (Phi) is 3.27. The second-order valence-electron chi connectivity index (χ2n) is 4.18. The summed E-state index contributed by atoms with van der Waals surface area (Å²) in [5.41, 5.74) is 7.38. The summed E-state index contributed by atoms with van der Waals surface area (Å²) in [7, 11) is 0. The van der Waals surface area contributed by atoms with E-state index in [1.54, 1.807) is 12.3 Å². The quantitative estimate of drug-likeness (QED) is 0.846. The Morgan fingerprint density at radius 3 is 2.88 bits per heavy atom. The lowest BCUT2D eigenvalue weighted by Gasteiger charge is -2.08. The summed E-state index contributed by atoms with van der Waals surface area (Å²) in [5.74, 6) is 1.67. The molecule has 0 atom stereocenters. The zero-order valence-electron chi connectivity index (χ0n) is 9.97. The predicted octanol–water partition coefficient (Wildman–Crippen LogP) is 2.09. The Labute approximate surface area is 100 Å². The van der Waals surface area contributed by atoms with Crippen molar-refractivity contribution in [2.24, 2.45) is 0 Å². The number of anilines is 1. The lowest BCUT2D eigenvalue weighted by Crippen LogP contribution is -1.98. The Balaban J connectivity index is 2.01. The van der Waals surface area contributed by atoms with Crippen LogP contribution in [0.2, 0.25) is 0 Å². The fourth-order valence-electron chi connectivity index (χ4n) is 1.45. The first-order valence-corrected chi connectivity index (χ1v) is 5.53. The second-order valence-corrected chi connectivity index (χ2v) is 4.18. The average Bonchev–Trinajstić information content (AvgIpc) is 2.73. The van der Waals surface area contributed by atoms with Crippen LogP contribution in [0.1, 0.15) is 31.2 Å². The van der Waals surface area contributed by atoms with E-state index in [-0.39, 0.29) is 0 Å². The zero-order chi connectivity index (χ0) is 12.3. The Bertz CT molecular complexity index is 493. The molecule has 0 fully saturated rings. The molecule has 0 bridgehead atoms. The molecule has 2 rings (SSSR count). The van der Waals surface area contributed by atoms with E-state index < -0.39 is 0 Å². The topological polar surface area (TPSA) is 76.8 Å². The van der Waals surface area contributed by atoms with Gasteiger partial charge in [0.25, 0.3) is 0 Å². The van der Waals surface area contributed by atoms with Gasteiger partial charge < -0.3 is 10.5 Å². The van der Waals surface area contributed by atoms with Crippen LogP contribution in [-0.4, -0.2) is 15.2 Å². The van der Waals surface area contributed by atoms with E-state index in [0.717, 1.165) is 17.1 Å². The summed E-state index contributed by atoms with van der Waals surface area (Å²) in [6, 6.07) is 5.54. The molecule has 2 aromatic heterocycles. The molecule has 0 aliphatic rings. The monoisotopic (exact) mass is 232 g/mol. The van der Waals surface area contributed by atoms with E-state index in [2.05, 4.69) is 29.0 Å². The molecule has 0 amide bonds. The number of nitrogens with zero attached hydrogens (tertiary/aromatic N) is 2. The van der Waals surface area contributed by atoms with Gasteiger partial charge in [-0.1, -0.05) is 13.8 Å². The molecule has 0 aromatic carbocycles. The number of hydrogen-bond donors (Lipinski definition) is 2. The molecule has 0 aliphatic heterocycles. The first-order chi connectivity index (χ1) is 8.15. The minimum Gasteiger partial charge on any atom is -0.487 e. The summed E-state index contributed by atoms with van der Waals surface area (Å²) < 4.78 is 5.63. The van der Waals surface area contributed by atoms with E-state index in [4.69, 9.17) is 10.5 Å². The summed E-state index contributed by atoms with van der Waals surface area (Å²) >= 11 is 0. The fraction of sp³-hybridized carbons (Fsp3) is 0.333. The van der Waals surface area contributed by atoms with Gasteiger partial charge in [-0.3, -0.25) is 10.1 Å². The molecule has 2 aromatic rings. The van der Waals surface area contributed by atoms with Crippen LogP contribution in [-0.2, 0) is 6.61 Å². The molecule has 2 heterocycles. The molecule has 0 saturated carbocycles. The number of aromatic nitrogens is 3. The summed E-state index contributed by atoms with van der Waals surface area (Å²) in [5, 5.41) is 6.63. The zero-order valence-corrected chi connectivity index (χ0v) is 9.97. The van der Waals surface area contributed by atoms with Gasteiger partial charge in [-0.2, -0.15) is 5.10 Å². The van der Waals surface area contributed by atoms with Gasteiger partial charge in [0.1, 0.15) is 18.2 Å². The predicted molar refractivity (Wildman–Crippen MR) is 65.7 cm³/mol. The molecule has 5 nitrogen and oxygen atoms in total. The van der Waals surface area contributed by atoms with E-state index >= 15 is 0 Å². The third kappa shape index (κ3) is 2.96. The fourth-order valence-corrected chi connectivity index (χ4v) is 1.45. The third-order valence-corrected chi connectivity index (χ3v) is 2.39. The maximum absolute atomic E-state index is 5.63. The lowest BCUT2D eigenvalue weighted by molar-refractivity contribution is 0.300. The summed E-state index contributed by atoms with van der Waals surface area (Å²) in [4.78, 5) is 4.28. The smallest absolute Gasteiger partial charge is 0.145 e. The standard InChI is InChI=1S/C12H16N4O/c1-8(2)11-6-10(3-4-14-11)17-7-9-5-12(13)16-15-9/h3-6,8H,7H2,1-2H3,(H3,13,15,16). The van der Waals surface area contributed by atoms with E-state index in [0.29, 0.717) is 18.3 Å². The van der Waals surface area contributed by atoms with Crippen molar-refractivity contribution in [2.45, 2.75) is 26.4 Å².